The molecule has 2 heterocycles. The highest BCUT2D eigenvalue weighted by atomic mass is 35.5. The molecular formula is C17H14Cl2N4O2. The van der Waals surface area contributed by atoms with Crippen molar-refractivity contribution in [2.24, 2.45) is 0 Å². The van der Waals surface area contributed by atoms with E-state index in [-0.39, 0.29) is 12.6 Å². The largest absolute Gasteiger partial charge is 0.458 e. The van der Waals surface area contributed by atoms with Crippen molar-refractivity contribution in [1.82, 2.24) is 19.5 Å². The molecule has 0 N–H and O–H groups in total. The average Bonchev–Trinajstić information content (AvgIpc) is 3.07. The van der Waals surface area contributed by atoms with Gasteiger partial charge in [-0.2, -0.15) is 0 Å². The molecule has 1 aromatic carbocycles. The minimum Gasteiger partial charge on any atom is -0.458 e. The number of carbonyl (C=O) groups excluding carboxylic acids is 1. The third-order valence-corrected chi connectivity index (χ3v) is 4.17. The molecule has 0 aliphatic heterocycles. The fourth-order valence-corrected chi connectivity index (χ4v) is 2.60. The summed E-state index contributed by atoms with van der Waals surface area (Å²) in [5.41, 5.74) is 3.92. The van der Waals surface area contributed by atoms with Gasteiger partial charge in [-0.05, 0) is 24.1 Å². The first-order valence-corrected chi connectivity index (χ1v) is 8.32. The lowest BCUT2D eigenvalue weighted by Gasteiger charge is -2.09. The number of hydrogen-bond donors (Lipinski definition) is 0. The Morgan fingerprint density at radius 1 is 1.20 bits per heavy atom. The molecule has 0 spiro atoms. The summed E-state index contributed by atoms with van der Waals surface area (Å²) < 4.78 is 7.14. The Hall–Kier alpha value is -2.44. The molecule has 0 radical (unpaired) electrons. The zero-order valence-electron chi connectivity index (χ0n) is 13.1. The molecule has 25 heavy (non-hydrogen) atoms. The van der Waals surface area contributed by atoms with Gasteiger partial charge in [0.1, 0.15) is 18.5 Å². The predicted octanol–water partition coefficient (Wildman–Crippen LogP) is 3.85. The molecule has 0 atom stereocenters. The summed E-state index contributed by atoms with van der Waals surface area (Å²) >= 11 is 11.8. The average molecular weight is 377 g/mol. The summed E-state index contributed by atoms with van der Waals surface area (Å²) in [6.07, 6.45) is 3.62. The second kappa shape index (κ2) is 8.09. The quantitative estimate of drug-likeness (QED) is 0.482. The lowest BCUT2D eigenvalue weighted by Crippen LogP contribution is -2.09. The van der Waals surface area contributed by atoms with E-state index in [1.54, 1.807) is 30.6 Å². The van der Waals surface area contributed by atoms with Crippen LogP contribution in [0.25, 0.3) is 11.2 Å². The molecule has 0 unspecified atom stereocenters. The molecule has 0 saturated carbocycles. The van der Waals surface area contributed by atoms with Gasteiger partial charge >= 0.3 is 5.97 Å². The lowest BCUT2D eigenvalue weighted by molar-refractivity contribution is 0.0537. The fourth-order valence-electron chi connectivity index (χ4n) is 2.25. The van der Waals surface area contributed by atoms with Gasteiger partial charge in [0, 0.05) is 12.1 Å². The van der Waals surface area contributed by atoms with Gasteiger partial charge in [-0.15, -0.1) is 0 Å². The van der Waals surface area contributed by atoms with Crippen molar-refractivity contribution in [3.05, 3.63) is 64.8 Å². The number of esters is 1. The van der Waals surface area contributed by atoms with Gasteiger partial charge in [-0.1, -0.05) is 41.4 Å². The van der Waals surface area contributed by atoms with Crippen molar-refractivity contribution < 1.29 is 9.53 Å². The summed E-state index contributed by atoms with van der Waals surface area (Å²) in [6.45, 7) is 0.699. The SMILES string of the molecule is O=C(OC/C(=C/Cl)CCn1cnc2c(Cl)ncnc21)c1ccccc1. The van der Waals surface area contributed by atoms with Crippen LogP contribution in [-0.4, -0.2) is 32.1 Å². The molecule has 0 amide bonds. The maximum Gasteiger partial charge on any atom is 0.338 e. The zero-order valence-corrected chi connectivity index (χ0v) is 14.6. The molecule has 8 heteroatoms. The van der Waals surface area contributed by atoms with Crippen LogP contribution < -0.4 is 0 Å². The van der Waals surface area contributed by atoms with Crippen LogP contribution in [0.5, 0.6) is 0 Å². The van der Waals surface area contributed by atoms with Crippen LogP contribution in [0.2, 0.25) is 5.15 Å². The topological polar surface area (TPSA) is 69.9 Å². The Morgan fingerprint density at radius 2 is 2.00 bits per heavy atom. The molecule has 2 aromatic heterocycles. The number of nitrogens with zero attached hydrogens (tertiary/aromatic N) is 4. The van der Waals surface area contributed by atoms with Crippen LogP contribution >= 0.6 is 23.2 Å². The maximum absolute atomic E-state index is 12.0. The molecule has 6 nitrogen and oxygen atoms in total. The summed E-state index contributed by atoms with van der Waals surface area (Å²) in [6, 6.07) is 8.81. The Morgan fingerprint density at radius 3 is 2.76 bits per heavy atom. The number of carbonyl (C=O) groups is 1. The first kappa shape index (κ1) is 17.4. The van der Waals surface area contributed by atoms with Crippen molar-refractivity contribution in [2.45, 2.75) is 13.0 Å². The first-order valence-electron chi connectivity index (χ1n) is 7.50. The third-order valence-electron chi connectivity index (χ3n) is 3.58. The standard InChI is InChI=1S/C17H14Cl2N4O2/c18-8-12(9-25-17(24)13-4-2-1-3-5-13)6-7-23-11-22-14-15(19)20-10-21-16(14)23/h1-5,8,10-11H,6-7,9H2/b12-8+. The number of benzene rings is 1. The van der Waals surface area contributed by atoms with Crippen LogP contribution in [0.3, 0.4) is 0 Å². The number of halogens is 2. The van der Waals surface area contributed by atoms with Crippen LogP contribution in [0.4, 0.5) is 0 Å². The van der Waals surface area contributed by atoms with E-state index in [4.69, 9.17) is 27.9 Å². The van der Waals surface area contributed by atoms with E-state index >= 15 is 0 Å². The molecule has 0 aliphatic rings. The monoisotopic (exact) mass is 376 g/mol. The highest BCUT2D eigenvalue weighted by Crippen LogP contribution is 2.18. The Balaban J connectivity index is 1.59. The van der Waals surface area contributed by atoms with Crippen LogP contribution in [0, 0.1) is 0 Å². The molecule has 0 bridgehead atoms. The van der Waals surface area contributed by atoms with E-state index in [1.165, 1.54) is 11.9 Å². The van der Waals surface area contributed by atoms with Crippen molar-refractivity contribution in [3.63, 3.8) is 0 Å². The number of fused-ring (bicyclic) bond motifs is 1. The minimum atomic E-state index is -0.385. The second-order valence-corrected chi connectivity index (χ2v) is 5.81. The van der Waals surface area contributed by atoms with Gasteiger partial charge in [0.15, 0.2) is 10.8 Å². The van der Waals surface area contributed by atoms with Gasteiger partial charge < -0.3 is 9.30 Å². The van der Waals surface area contributed by atoms with Crippen molar-refractivity contribution in [2.75, 3.05) is 6.61 Å². The predicted molar refractivity (Wildman–Crippen MR) is 95.6 cm³/mol. The van der Waals surface area contributed by atoms with Crippen LogP contribution in [-0.2, 0) is 11.3 Å². The summed E-state index contributed by atoms with van der Waals surface area (Å²) in [5, 5.41) is 0.314. The zero-order chi connectivity index (χ0) is 17.6. The fraction of sp³-hybridized carbons (Fsp3) is 0.176. The third kappa shape index (κ3) is 4.15. The molecule has 0 saturated heterocycles. The second-order valence-electron chi connectivity index (χ2n) is 5.23. The van der Waals surface area contributed by atoms with Crippen LogP contribution in [0.15, 0.2) is 54.1 Å². The molecular weight excluding hydrogens is 363 g/mol. The number of aromatic nitrogens is 4. The summed E-state index contributed by atoms with van der Waals surface area (Å²) in [7, 11) is 0. The van der Waals surface area contributed by atoms with E-state index in [2.05, 4.69) is 15.0 Å². The van der Waals surface area contributed by atoms with E-state index in [9.17, 15) is 4.79 Å². The number of hydrogen-bond acceptors (Lipinski definition) is 5. The smallest absolute Gasteiger partial charge is 0.338 e. The normalized spacial score (nSPS) is 11.7. The number of rotatable bonds is 6. The summed E-state index contributed by atoms with van der Waals surface area (Å²) in [5.74, 6) is -0.385. The Kier molecular flexibility index (Phi) is 5.63. The number of imidazole rings is 1. The molecule has 3 rings (SSSR count). The Labute approximate surface area is 154 Å². The van der Waals surface area contributed by atoms with Crippen molar-refractivity contribution in [3.8, 4) is 0 Å². The molecule has 3 aromatic rings. The van der Waals surface area contributed by atoms with E-state index in [0.717, 1.165) is 5.57 Å². The Bertz CT molecular complexity index is 909. The highest BCUT2D eigenvalue weighted by Gasteiger charge is 2.10. The van der Waals surface area contributed by atoms with Crippen molar-refractivity contribution >= 4 is 40.3 Å². The van der Waals surface area contributed by atoms with Gasteiger partial charge in [0.2, 0.25) is 0 Å². The summed E-state index contributed by atoms with van der Waals surface area (Å²) in [4.78, 5) is 24.3. The molecule has 128 valence electrons. The van der Waals surface area contributed by atoms with Gasteiger partial charge in [0.05, 0.1) is 11.9 Å². The first-order chi connectivity index (χ1) is 12.2. The van der Waals surface area contributed by atoms with Gasteiger partial charge in [-0.3, -0.25) is 0 Å². The molecule has 0 aliphatic carbocycles. The van der Waals surface area contributed by atoms with Crippen LogP contribution in [0.1, 0.15) is 16.8 Å². The van der Waals surface area contributed by atoms with E-state index < -0.39 is 0 Å². The van der Waals surface area contributed by atoms with Gasteiger partial charge in [-0.25, -0.2) is 19.7 Å². The maximum atomic E-state index is 12.0. The number of ether oxygens (including phenoxy) is 1. The minimum absolute atomic E-state index is 0.125. The molecule has 0 fully saturated rings. The lowest BCUT2D eigenvalue weighted by atomic mass is 10.2. The van der Waals surface area contributed by atoms with Gasteiger partial charge in [0.25, 0.3) is 0 Å². The highest BCUT2D eigenvalue weighted by molar-refractivity contribution is 6.33. The number of aryl methyl sites for hydroxylation is 1. The van der Waals surface area contributed by atoms with Crippen molar-refractivity contribution in [1.29, 1.82) is 0 Å². The van der Waals surface area contributed by atoms with E-state index in [0.29, 0.717) is 34.8 Å². The van der Waals surface area contributed by atoms with E-state index in [1.807, 2.05) is 10.6 Å².